The standard InChI is InChI=1S/C19H22N4O4/c1-22-16-11(23(18(22)26)12-3-5-14(24)21-17(12)25)2-4-13-15(16)19(10-27-13)6-8-20-9-7-19/h2,4,12,20H,3,5-10H2,1H3,(H,21,24,25). The zero-order valence-corrected chi connectivity index (χ0v) is 15.2. The molecule has 5 rings (SSSR count). The van der Waals surface area contributed by atoms with Gasteiger partial charge in [-0.05, 0) is 44.5 Å². The van der Waals surface area contributed by atoms with Gasteiger partial charge in [0.25, 0.3) is 0 Å². The number of benzene rings is 1. The number of amides is 2. The van der Waals surface area contributed by atoms with Crippen molar-refractivity contribution >= 4 is 22.8 Å². The summed E-state index contributed by atoms with van der Waals surface area (Å²) < 4.78 is 9.19. The maximum absolute atomic E-state index is 13.1. The van der Waals surface area contributed by atoms with Crippen LogP contribution < -0.4 is 21.1 Å². The van der Waals surface area contributed by atoms with Gasteiger partial charge < -0.3 is 10.1 Å². The Kier molecular flexibility index (Phi) is 3.49. The fraction of sp³-hybridized carbons (Fsp3) is 0.526. The zero-order valence-electron chi connectivity index (χ0n) is 15.2. The molecule has 2 saturated heterocycles. The molecule has 142 valence electrons. The number of imidazole rings is 1. The first-order chi connectivity index (χ1) is 13.0. The molecular formula is C19H22N4O4. The predicted octanol–water partition coefficient (Wildman–Crippen LogP) is 0.331. The summed E-state index contributed by atoms with van der Waals surface area (Å²) in [5, 5.41) is 5.75. The Labute approximate surface area is 155 Å². The van der Waals surface area contributed by atoms with Crippen LogP contribution in [0.2, 0.25) is 0 Å². The number of nitrogens with zero attached hydrogens (tertiary/aromatic N) is 2. The minimum atomic E-state index is -0.664. The van der Waals surface area contributed by atoms with Crippen molar-refractivity contribution in [3.63, 3.8) is 0 Å². The Bertz CT molecular complexity index is 1020. The van der Waals surface area contributed by atoms with Gasteiger partial charge in [0.05, 0.1) is 17.6 Å². The molecule has 1 aromatic heterocycles. The zero-order chi connectivity index (χ0) is 18.8. The van der Waals surface area contributed by atoms with Crippen LogP contribution in [0.4, 0.5) is 0 Å². The van der Waals surface area contributed by atoms with Gasteiger partial charge in [0, 0.05) is 24.4 Å². The SMILES string of the molecule is Cn1c(=O)n(C2CCC(=O)NC2=O)c2ccc3c(c21)C1(CCNCC1)CO3. The van der Waals surface area contributed by atoms with Crippen LogP contribution in [0.15, 0.2) is 16.9 Å². The number of carbonyl (C=O) groups is 2. The predicted molar refractivity (Wildman–Crippen MR) is 97.9 cm³/mol. The number of imide groups is 1. The number of hydrogen-bond acceptors (Lipinski definition) is 5. The van der Waals surface area contributed by atoms with E-state index >= 15 is 0 Å². The maximum atomic E-state index is 13.1. The van der Waals surface area contributed by atoms with Crippen molar-refractivity contribution in [1.82, 2.24) is 19.8 Å². The molecule has 1 aromatic carbocycles. The lowest BCUT2D eigenvalue weighted by molar-refractivity contribution is -0.135. The van der Waals surface area contributed by atoms with Crippen molar-refractivity contribution in [1.29, 1.82) is 0 Å². The monoisotopic (exact) mass is 370 g/mol. The van der Waals surface area contributed by atoms with E-state index in [4.69, 9.17) is 4.74 Å². The number of aromatic nitrogens is 2. The molecule has 4 heterocycles. The van der Waals surface area contributed by atoms with Gasteiger partial charge in [0.1, 0.15) is 11.8 Å². The number of fused-ring (bicyclic) bond motifs is 4. The molecule has 3 aliphatic heterocycles. The maximum Gasteiger partial charge on any atom is 0.329 e. The fourth-order valence-corrected chi connectivity index (χ4v) is 4.91. The first kappa shape index (κ1) is 16.6. The summed E-state index contributed by atoms with van der Waals surface area (Å²) in [7, 11) is 1.75. The van der Waals surface area contributed by atoms with E-state index in [2.05, 4.69) is 10.6 Å². The van der Waals surface area contributed by atoms with Crippen LogP contribution in [0.25, 0.3) is 11.0 Å². The normalized spacial score (nSPS) is 24.1. The first-order valence-corrected chi connectivity index (χ1v) is 9.43. The average Bonchev–Trinajstić information content (AvgIpc) is 3.13. The molecule has 0 radical (unpaired) electrons. The minimum Gasteiger partial charge on any atom is -0.492 e. The van der Waals surface area contributed by atoms with E-state index in [-0.39, 0.29) is 23.4 Å². The number of aryl methyl sites for hydroxylation is 1. The largest absolute Gasteiger partial charge is 0.492 e. The summed E-state index contributed by atoms with van der Waals surface area (Å²) in [4.78, 5) is 37.0. The highest BCUT2D eigenvalue weighted by Gasteiger charge is 2.44. The number of carbonyl (C=O) groups excluding carboxylic acids is 2. The Morgan fingerprint density at radius 2 is 1.96 bits per heavy atom. The number of nitrogens with one attached hydrogen (secondary N) is 2. The third-order valence-electron chi connectivity index (χ3n) is 6.32. The molecule has 1 unspecified atom stereocenters. The first-order valence-electron chi connectivity index (χ1n) is 9.43. The van der Waals surface area contributed by atoms with Crippen LogP contribution in [0, 0.1) is 0 Å². The van der Waals surface area contributed by atoms with E-state index in [0.717, 1.165) is 48.3 Å². The lowest BCUT2D eigenvalue weighted by Gasteiger charge is -2.33. The van der Waals surface area contributed by atoms with Crippen LogP contribution >= 0.6 is 0 Å². The van der Waals surface area contributed by atoms with Crippen LogP contribution in [0.1, 0.15) is 37.3 Å². The van der Waals surface area contributed by atoms with Gasteiger partial charge in [-0.25, -0.2) is 4.79 Å². The number of piperidine rings is 2. The summed E-state index contributed by atoms with van der Waals surface area (Å²) in [6, 6.07) is 3.11. The van der Waals surface area contributed by atoms with Crippen molar-refractivity contribution in [2.45, 2.75) is 37.1 Å². The second kappa shape index (κ2) is 5.69. The Balaban J connectivity index is 1.74. The third-order valence-corrected chi connectivity index (χ3v) is 6.32. The third kappa shape index (κ3) is 2.22. The van der Waals surface area contributed by atoms with Crippen LogP contribution in [-0.4, -0.2) is 40.6 Å². The van der Waals surface area contributed by atoms with E-state index in [0.29, 0.717) is 13.0 Å². The van der Waals surface area contributed by atoms with Gasteiger partial charge in [0.15, 0.2) is 0 Å². The Morgan fingerprint density at radius 3 is 2.70 bits per heavy atom. The molecule has 2 amide bonds. The van der Waals surface area contributed by atoms with Crippen molar-refractivity contribution in [3.05, 3.63) is 28.2 Å². The smallest absolute Gasteiger partial charge is 0.329 e. The van der Waals surface area contributed by atoms with Gasteiger partial charge in [-0.2, -0.15) is 0 Å². The minimum absolute atomic E-state index is 0.0960. The van der Waals surface area contributed by atoms with Crippen molar-refractivity contribution in [2.24, 2.45) is 7.05 Å². The lowest BCUT2D eigenvalue weighted by atomic mass is 9.74. The summed E-state index contributed by atoms with van der Waals surface area (Å²) in [6.45, 7) is 2.46. The molecule has 1 atom stereocenters. The van der Waals surface area contributed by atoms with E-state index in [1.54, 1.807) is 16.2 Å². The van der Waals surface area contributed by atoms with Crippen LogP contribution in [0.5, 0.6) is 5.75 Å². The second-order valence-electron chi connectivity index (χ2n) is 7.80. The molecule has 0 bridgehead atoms. The molecule has 3 aliphatic rings. The van der Waals surface area contributed by atoms with Gasteiger partial charge >= 0.3 is 5.69 Å². The van der Waals surface area contributed by atoms with Gasteiger partial charge in [-0.15, -0.1) is 0 Å². The van der Waals surface area contributed by atoms with E-state index in [1.165, 1.54) is 0 Å². The van der Waals surface area contributed by atoms with Gasteiger partial charge in [0.2, 0.25) is 11.8 Å². The molecule has 27 heavy (non-hydrogen) atoms. The molecule has 8 nitrogen and oxygen atoms in total. The van der Waals surface area contributed by atoms with Gasteiger partial charge in [-0.3, -0.25) is 24.0 Å². The molecular weight excluding hydrogens is 348 g/mol. The Morgan fingerprint density at radius 1 is 1.19 bits per heavy atom. The number of hydrogen-bond donors (Lipinski definition) is 2. The molecule has 1 spiro atoms. The van der Waals surface area contributed by atoms with E-state index < -0.39 is 11.9 Å². The van der Waals surface area contributed by atoms with Crippen molar-refractivity contribution in [2.75, 3.05) is 19.7 Å². The lowest BCUT2D eigenvalue weighted by Crippen LogP contribution is -2.44. The topological polar surface area (TPSA) is 94.4 Å². The molecule has 2 fully saturated rings. The van der Waals surface area contributed by atoms with E-state index in [1.807, 2.05) is 12.1 Å². The van der Waals surface area contributed by atoms with E-state index in [9.17, 15) is 14.4 Å². The van der Waals surface area contributed by atoms with Crippen molar-refractivity contribution in [3.8, 4) is 5.75 Å². The Hall–Kier alpha value is -2.61. The summed E-state index contributed by atoms with van der Waals surface area (Å²) in [5.41, 5.74) is 2.35. The number of rotatable bonds is 1. The molecule has 0 aliphatic carbocycles. The van der Waals surface area contributed by atoms with Crippen LogP contribution in [-0.2, 0) is 22.1 Å². The average molecular weight is 370 g/mol. The summed E-state index contributed by atoms with van der Waals surface area (Å²) >= 11 is 0. The highest BCUT2D eigenvalue weighted by molar-refractivity contribution is 6.00. The summed E-state index contributed by atoms with van der Waals surface area (Å²) in [5.74, 6) is 0.141. The van der Waals surface area contributed by atoms with Gasteiger partial charge in [-0.1, -0.05) is 0 Å². The molecule has 0 saturated carbocycles. The van der Waals surface area contributed by atoms with Crippen molar-refractivity contribution < 1.29 is 14.3 Å². The summed E-state index contributed by atoms with van der Waals surface area (Å²) in [6.07, 6.45) is 2.49. The fourth-order valence-electron chi connectivity index (χ4n) is 4.91. The number of ether oxygens (including phenoxy) is 1. The van der Waals surface area contributed by atoms with Crippen LogP contribution in [0.3, 0.4) is 0 Å². The molecule has 2 N–H and O–H groups in total. The molecule has 8 heteroatoms. The quantitative estimate of drug-likeness (QED) is 0.706. The molecule has 2 aromatic rings. The highest BCUT2D eigenvalue weighted by atomic mass is 16.5. The second-order valence-corrected chi connectivity index (χ2v) is 7.80. The highest BCUT2D eigenvalue weighted by Crippen LogP contribution is 2.47.